The zero-order chi connectivity index (χ0) is 23.0. The normalized spacial score (nSPS) is 27.0. The maximum Gasteiger partial charge on any atom is 0.324 e. The lowest BCUT2D eigenvalue weighted by molar-refractivity contribution is -0.147. The molecule has 168 valence electrons. The number of carboxylic acids is 1. The molecule has 2 saturated heterocycles. The topological polar surface area (TPSA) is 95.9 Å². The van der Waals surface area contributed by atoms with Crippen molar-refractivity contribution in [2.24, 2.45) is 11.8 Å². The molecule has 0 bridgehead atoms. The lowest BCUT2D eigenvalue weighted by Crippen LogP contribution is -2.53. The maximum atomic E-state index is 13.5. The molecule has 2 N–H and O–H groups in total. The molecule has 0 aromatic heterocycles. The van der Waals surface area contributed by atoms with Crippen LogP contribution in [-0.2, 0) is 20.8 Å². The Morgan fingerprint density at radius 1 is 1.06 bits per heavy atom. The van der Waals surface area contributed by atoms with Gasteiger partial charge < -0.3 is 9.84 Å². The quantitative estimate of drug-likeness (QED) is 0.647. The lowest BCUT2D eigenvalue weighted by Gasteiger charge is -2.27. The molecule has 2 aliphatic rings. The SMILES string of the molecule is CCCOc1ccc(C2NC(C)(C(=O)O)C3C(=O)N(c4ccc(CC)cc4)C(=O)C23)cc1. The van der Waals surface area contributed by atoms with Crippen molar-refractivity contribution in [3.8, 4) is 5.75 Å². The molecular weight excluding hydrogens is 408 g/mol. The molecule has 0 aliphatic carbocycles. The van der Waals surface area contributed by atoms with Crippen LogP contribution in [0.5, 0.6) is 5.75 Å². The molecule has 2 aromatic rings. The number of hydrogen-bond donors (Lipinski definition) is 2. The number of aliphatic carboxylic acids is 1. The number of anilines is 1. The van der Waals surface area contributed by atoms with Gasteiger partial charge in [-0.15, -0.1) is 0 Å². The van der Waals surface area contributed by atoms with Crippen molar-refractivity contribution in [1.82, 2.24) is 5.32 Å². The summed E-state index contributed by atoms with van der Waals surface area (Å²) < 4.78 is 5.63. The van der Waals surface area contributed by atoms with Crippen molar-refractivity contribution in [3.05, 3.63) is 59.7 Å². The predicted molar refractivity (Wildman–Crippen MR) is 119 cm³/mol. The monoisotopic (exact) mass is 436 g/mol. The van der Waals surface area contributed by atoms with Crippen LogP contribution >= 0.6 is 0 Å². The number of nitrogens with zero attached hydrogens (tertiary/aromatic N) is 1. The fourth-order valence-electron chi connectivity index (χ4n) is 4.75. The van der Waals surface area contributed by atoms with Crippen LogP contribution in [0.3, 0.4) is 0 Å². The van der Waals surface area contributed by atoms with Crippen LogP contribution in [0.4, 0.5) is 5.69 Å². The predicted octanol–water partition coefficient (Wildman–Crippen LogP) is 3.33. The molecule has 0 radical (unpaired) electrons. The molecule has 7 heteroatoms. The van der Waals surface area contributed by atoms with Gasteiger partial charge in [0.15, 0.2) is 0 Å². The van der Waals surface area contributed by atoms with E-state index < -0.39 is 35.3 Å². The Balaban J connectivity index is 1.71. The Kier molecular flexibility index (Phi) is 5.77. The first kappa shape index (κ1) is 22.0. The summed E-state index contributed by atoms with van der Waals surface area (Å²) in [5, 5.41) is 13.1. The average Bonchev–Trinajstić information content (AvgIpc) is 3.26. The number of carbonyl (C=O) groups is 3. The molecule has 4 rings (SSSR count). The van der Waals surface area contributed by atoms with Gasteiger partial charge in [-0.2, -0.15) is 0 Å². The van der Waals surface area contributed by atoms with Crippen molar-refractivity contribution in [3.63, 3.8) is 0 Å². The molecular formula is C25H28N2O5. The second kappa shape index (κ2) is 8.39. The molecule has 2 fully saturated rings. The fraction of sp³-hybridized carbons (Fsp3) is 0.400. The summed E-state index contributed by atoms with van der Waals surface area (Å²) in [6, 6.07) is 13.9. The van der Waals surface area contributed by atoms with E-state index in [1.54, 1.807) is 24.3 Å². The standard InChI is InChI=1S/C25H28N2O5/c1-4-14-32-18-12-8-16(9-13-18)21-19-20(25(3,26-21)24(30)31)23(29)27(22(19)28)17-10-6-15(5-2)7-11-17/h6-13,19-21,26H,4-5,14H2,1-3H3,(H,30,31). The Bertz CT molecular complexity index is 1030. The summed E-state index contributed by atoms with van der Waals surface area (Å²) in [5.41, 5.74) is 0.755. The van der Waals surface area contributed by atoms with Gasteiger partial charge in [0.2, 0.25) is 11.8 Å². The minimum Gasteiger partial charge on any atom is -0.494 e. The van der Waals surface area contributed by atoms with Crippen LogP contribution in [0.1, 0.15) is 44.4 Å². The van der Waals surface area contributed by atoms with Crippen LogP contribution in [0.15, 0.2) is 48.5 Å². The fourth-order valence-corrected chi connectivity index (χ4v) is 4.75. The van der Waals surface area contributed by atoms with Crippen molar-refractivity contribution in [2.75, 3.05) is 11.5 Å². The second-order valence-electron chi connectivity index (χ2n) is 8.58. The lowest BCUT2D eigenvalue weighted by atomic mass is 9.80. The average molecular weight is 437 g/mol. The molecule has 0 saturated carbocycles. The van der Waals surface area contributed by atoms with Crippen molar-refractivity contribution in [1.29, 1.82) is 0 Å². The van der Waals surface area contributed by atoms with E-state index in [-0.39, 0.29) is 5.91 Å². The summed E-state index contributed by atoms with van der Waals surface area (Å²) >= 11 is 0. The second-order valence-corrected chi connectivity index (χ2v) is 8.58. The Morgan fingerprint density at radius 3 is 2.28 bits per heavy atom. The zero-order valence-electron chi connectivity index (χ0n) is 18.5. The number of carbonyl (C=O) groups excluding carboxylic acids is 2. The maximum absolute atomic E-state index is 13.5. The summed E-state index contributed by atoms with van der Waals surface area (Å²) in [4.78, 5) is 40.3. The van der Waals surface area contributed by atoms with Gasteiger partial charge in [0, 0.05) is 6.04 Å². The van der Waals surface area contributed by atoms with Gasteiger partial charge in [0.25, 0.3) is 0 Å². The highest BCUT2D eigenvalue weighted by Crippen LogP contribution is 2.49. The van der Waals surface area contributed by atoms with E-state index in [1.165, 1.54) is 6.92 Å². The minimum absolute atomic E-state index is 0.377. The Labute approximate surface area is 187 Å². The van der Waals surface area contributed by atoms with E-state index in [2.05, 4.69) is 5.32 Å². The number of amides is 2. The highest BCUT2D eigenvalue weighted by Gasteiger charge is 2.66. The third kappa shape index (κ3) is 3.46. The first-order valence-electron chi connectivity index (χ1n) is 11.0. The molecule has 2 heterocycles. The van der Waals surface area contributed by atoms with Gasteiger partial charge in [0.05, 0.1) is 24.1 Å². The number of fused-ring (bicyclic) bond motifs is 1. The summed E-state index contributed by atoms with van der Waals surface area (Å²) in [6.07, 6.45) is 1.73. The summed E-state index contributed by atoms with van der Waals surface area (Å²) in [6.45, 7) is 6.13. The van der Waals surface area contributed by atoms with Gasteiger partial charge in [-0.05, 0) is 55.2 Å². The molecule has 4 unspecified atom stereocenters. The largest absolute Gasteiger partial charge is 0.494 e. The Morgan fingerprint density at radius 2 is 1.72 bits per heavy atom. The van der Waals surface area contributed by atoms with Gasteiger partial charge in [-0.1, -0.05) is 38.1 Å². The third-order valence-electron chi connectivity index (χ3n) is 6.55. The van der Waals surface area contributed by atoms with E-state index in [9.17, 15) is 19.5 Å². The summed E-state index contributed by atoms with van der Waals surface area (Å²) in [5.74, 6) is -3.11. The summed E-state index contributed by atoms with van der Waals surface area (Å²) in [7, 11) is 0. The number of aryl methyl sites for hydroxylation is 1. The van der Waals surface area contributed by atoms with Crippen LogP contribution in [-0.4, -0.2) is 35.0 Å². The van der Waals surface area contributed by atoms with Crippen LogP contribution < -0.4 is 15.0 Å². The molecule has 2 aromatic carbocycles. The van der Waals surface area contributed by atoms with Crippen LogP contribution in [0, 0.1) is 11.8 Å². The number of nitrogens with one attached hydrogen (secondary N) is 1. The van der Waals surface area contributed by atoms with Crippen molar-refractivity contribution >= 4 is 23.5 Å². The van der Waals surface area contributed by atoms with Gasteiger partial charge in [0.1, 0.15) is 11.3 Å². The molecule has 4 atom stereocenters. The Hall–Kier alpha value is -3.19. The number of imide groups is 1. The van der Waals surface area contributed by atoms with E-state index in [1.807, 2.05) is 38.1 Å². The van der Waals surface area contributed by atoms with E-state index in [4.69, 9.17) is 4.74 Å². The third-order valence-corrected chi connectivity index (χ3v) is 6.55. The number of carboxylic acid groups (broad SMARTS) is 1. The number of hydrogen-bond acceptors (Lipinski definition) is 5. The highest BCUT2D eigenvalue weighted by molar-refractivity contribution is 6.24. The molecule has 32 heavy (non-hydrogen) atoms. The highest BCUT2D eigenvalue weighted by atomic mass is 16.5. The van der Waals surface area contributed by atoms with Crippen LogP contribution in [0.25, 0.3) is 0 Å². The smallest absolute Gasteiger partial charge is 0.324 e. The molecule has 0 spiro atoms. The molecule has 7 nitrogen and oxygen atoms in total. The minimum atomic E-state index is -1.56. The molecule has 2 aliphatic heterocycles. The first-order chi connectivity index (χ1) is 15.3. The van der Waals surface area contributed by atoms with Crippen molar-refractivity contribution in [2.45, 2.75) is 45.2 Å². The van der Waals surface area contributed by atoms with E-state index >= 15 is 0 Å². The van der Waals surface area contributed by atoms with Gasteiger partial charge in [-0.3, -0.25) is 19.7 Å². The first-order valence-corrected chi connectivity index (χ1v) is 11.0. The number of ether oxygens (including phenoxy) is 1. The number of benzene rings is 2. The van der Waals surface area contributed by atoms with Crippen LogP contribution in [0.2, 0.25) is 0 Å². The van der Waals surface area contributed by atoms with E-state index in [0.29, 0.717) is 18.0 Å². The van der Waals surface area contributed by atoms with Gasteiger partial charge >= 0.3 is 5.97 Å². The molecule has 2 amide bonds. The zero-order valence-corrected chi connectivity index (χ0v) is 18.5. The van der Waals surface area contributed by atoms with Crippen molar-refractivity contribution < 1.29 is 24.2 Å². The van der Waals surface area contributed by atoms with Gasteiger partial charge in [-0.25, -0.2) is 4.90 Å². The number of rotatable bonds is 7. The van der Waals surface area contributed by atoms with E-state index in [0.717, 1.165) is 28.9 Å².